The van der Waals surface area contributed by atoms with Gasteiger partial charge in [0.15, 0.2) is 0 Å². The molecule has 2 N–H and O–H groups in total. The van der Waals surface area contributed by atoms with Crippen LogP contribution in [-0.2, 0) is 18.9 Å². The quantitative estimate of drug-likeness (QED) is 0.388. The minimum absolute atomic E-state index is 0.387. The van der Waals surface area contributed by atoms with Crippen LogP contribution in [0.5, 0.6) is 0 Å². The molecule has 1 unspecified atom stereocenters. The predicted molar refractivity (Wildman–Crippen MR) is 82.7 cm³/mol. The van der Waals surface area contributed by atoms with E-state index in [1.807, 2.05) is 0 Å². The second kappa shape index (κ2) is 17.8. The molecule has 0 heterocycles. The molecular formula is C15H33NO5. The lowest BCUT2D eigenvalue weighted by Gasteiger charge is -2.10. The molecule has 0 fully saturated rings. The molecule has 0 aliphatic rings. The minimum atomic E-state index is -0.392. The molecule has 0 radical (unpaired) electrons. The van der Waals surface area contributed by atoms with E-state index < -0.39 is 6.10 Å². The van der Waals surface area contributed by atoms with Crippen molar-refractivity contribution in [2.45, 2.75) is 32.3 Å². The van der Waals surface area contributed by atoms with Crippen molar-refractivity contribution in [1.82, 2.24) is 5.32 Å². The first-order valence-corrected chi connectivity index (χ1v) is 7.92. The summed E-state index contributed by atoms with van der Waals surface area (Å²) in [6.45, 7) is 8.03. The van der Waals surface area contributed by atoms with Crippen LogP contribution in [0.1, 0.15) is 26.2 Å². The Bertz CT molecular complexity index is 195. The van der Waals surface area contributed by atoms with Crippen LogP contribution >= 0.6 is 0 Å². The van der Waals surface area contributed by atoms with Gasteiger partial charge in [-0.1, -0.05) is 13.3 Å². The topological polar surface area (TPSA) is 69.2 Å². The molecule has 1 atom stereocenters. The smallest absolute Gasteiger partial charge is 0.0785 e. The van der Waals surface area contributed by atoms with Crippen LogP contribution in [0.4, 0.5) is 0 Å². The maximum absolute atomic E-state index is 9.42. The van der Waals surface area contributed by atoms with E-state index in [1.54, 1.807) is 7.11 Å². The number of unbranched alkanes of at least 4 members (excludes halogenated alkanes) is 1. The maximum atomic E-state index is 9.42. The van der Waals surface area contributed by atoms with Crippen LogP contribution in [-0.4, -0.2) is 77.7 Å². The summed E-state index contributed by atoms with van der Waals surface area (Å²) in [6, 6.07) is 0. The van der Waals surface area contributed by atoms with E-state index in [0.717, 1.165) is 32.5 Å². The van der Waals surface area contributed by atoms with Crippen molar-refractivity contribution in [3.63, 3.8) is 0 Å². The number of methoxy groups -OCH3 is 1. The van der Waals surface area contributed by atoms with Crippen LogP contribution in [0.2, 0.25) is 0 Å². The number of aliphatic hydroxyl groups excluding tert-OH is 1. The van der Waals surface area contributed by atoms with E-state index in [9.17, 15) is 5.11 Å². The van der Waals surface area contributed by atoms with Crippen LogP contribution in [0.25, 0.3) is 0 Å². The van der Waals surface area contributed by atoms with E-state index in [2.05, 4.69) is 12.2 Å². The lowest BCUT2D eigenvalue weighted by Crippen LogP contribution is -2.26. The van der Waals surface area contributed by atoms with Gasteiger partial charge in [-0.25, -0.2) is 0 Å². The molecule has 0 aromatic rings. The molecule has 0 saturated carbocycles. The molecule has 6 heteroatoms. The summed E-state index contributed by atoms with van der Waals surface area (Å²) in [7, 11) is 1.59. The molecule has 6 nitrogen and oxygen atoms in total. The second-order valence-corrected chi connectivity index (χ2v) is 4.84. The minimum Gasteiger partial charge on any atom is -0.391 e. The fourth-order valence-electron chi connectivity index (χ4n) is 1.60. The summed E-state index contributed by atoms with van der Waals surface area (Å²) >= 11 is 0. The fraction of sp³-hybridized carbons (Fsp3) is 1.00. The number of ether oxygens (including phenoxy) is 4. The van der Waals surface area contributed by atoms with Crippen LogP contribution in [0.15, 0.2) is 0 Å². The van der Waals surface area contributed by atoms with Crippen molar-refractivity contribution in [1.29, 1.82) is 0 Å². The molecule has 128 valence electrons. The lowest BCUT2D eigenvalue weighted by atomic mass is 10.3. The molecule has 21 heavy (non-hydrogen) atoms. The molecule has 0 spiro atoms. The van der Waals surface area contributed by atoms with Crippen molar-refractivity contribution < 1.29 is 24.1 Å². The van der Waals surface area contributed by atoms with E-state index >= 15 is 0 Å². The molecule has 0 aliphatic heterocycles. The van der Waals surface area contributed by atoms with Gasteiger partial charge in [0.25, 0.3) is 0 Å². The molecular weight excluding hydrogens is 274 g/mol. The highest BCUT2D eigenvalue weighted by Gasteiger charge is 2.01. The monoisotopic (exact) mass is 307 g/mol. The molecule has 0 amide bonds. The Morgan fingerprint density at radius 3 is 2.14 bits per heavy atom. The Morgan fingerprint density at radius 2 is 1.52 bits per heavy atom. The average molecular weight is 307 g/mol. The summed E-state index contributed by atoms with van der Waals surface area (Å²) in [4.78, 5) is 0. The Balaban J connectivity index is 2.99. The molecule has 0 rings (SSSR count). The average Bonchev–Trinajstić information content (AvgIpc) is 2.48. The van der Waals surface area contributed by atoms with Gasteiger partial charge in [-0.05, 0) is 19.4 Å². The van der Waals surface area contributed by atoms with Gasteiger partial charge in [-0.15, -0.1) is 0 Å². The number of hydrogen-bond acceptors (Lipinski definition) is 6. The first kappa shape index (κ1) is 20.8. The van der Waals surface area contributed by atoms with Gasteiger partial charge >= 0.3 is 0 Å². The highest BCUT2D eigenvalue weighted by molar-refractivity contribution is 4.56. The van der Waals surface area contributed by atoms with Gasteiger partial charge in [0.1, 0.15) is 0 Å². The number of nitrogens with one attached hydrogen (secondary N) is 1. The number of rotatable bonds is 17. The van der Waals surface area contributed by atoms with Crippen molar-refractivity contribution in [3.05, 3.63) is 0 Å². The summed E-state index contributed by atoms with van der Waals surface area (Å²) < 4.78 is 21.0. The Labute approximate surface area is 129 Å². The molecule has 0 aromatic carbocycles. The Hall–Kier alpha value is -0.240. The molecule has 0 aliphatic carbocycles. The highest BCUT2D eigenvalue weighted by Crippen LogP contribution is 1.90. The lowest BCUT2D eigenvalue weighted by molar-refractivity contribution is 0.0144. The molecule has 0 bridgehead atoms. The van der Waals surface area contributed by atoms with Gasteiger partial charge in [0.2, 0.25) is 0 Å². The van der Waals surface area contributed by atoms with Crippen LogP contribution < -0.4 is 5.32 Å². The SMILES string of the molecule is CCCCOCCOCCOCCNCCC(O)COC. The standard InChI is InChI=1S/C15H33NO5/c1-3-4-8-19-10-12-21-13-11-20-9-7-16-6-5-15(17)14-18-2/h15-17H,3-14H2,1-2H3. The van der Waals surface area contributed by atoms with Gasteiger partial charge in [0, 0.05) is 20.3 Å². The van der Waals surface area contributed by atoms with Crippen LogP contribution in [0, 0.1) is 0 Å². The van der Waals surface area contributed by atoms with Gasteiger partial charge in [0.05, 0.1) is 45.7 Å². The summed E-state index contributed by atoms with van der Waals surface area (Å²) in [5.74, 6) is 0. The summed E-state index contributed by atoms with van der Waals surface area (Å²) in [5.41, 5.74) is 0. The second-order valence-electron chi connectivity index (χ2n) is 4.84. The summed E-state index contributed by atoms with van der Waals surface area (Å²) in [5, 5.41) is 12.6. The van der Waals surface area contributed by atoms with E-state index in [4.69, 9.17) is 18.9 Å². The highest BCUT2D eigenvalue weighted by atomic mass is 16.5. The van der Waals surface area contributed by atoms with Crippen molar-refractivity contribution in [2.75, 3.05) is 66.4 Å². The summed E-state index contributed by atoms with van der Waals surface area (Å²) in [6.07, 6.45) is 2.57. The molecule has 0 saturated heterocycles. The first-order valence-electron chi connectivity index (χ1n) is 7.92. The zero-order valence-corrected chi connectivity index (χ0v) is 13.6. The maximum Gasteiger partial charge on any atom is 0.0785 e. The number of hydrogen-bond donors (Lipinski definition) is 2. The Morgan fingerprint density at radius 1 is 0.905 bits per heavy atom. The van der Waals surface area contributed by atoms with Crippen molar-refractivity contribution >= 4 is 0 Å². The largest absolute Gasteiger partial charge is 0.391 e. The van der Waals surface area contributed by atoms with Gasteiger partial charge < -0.3 is 29.4 Å². The van der Waals surface area contributed by atoms with Gasteiger partial charge in [-0.3, -0.25) is 0 Å². The van der Waals surface area contributed by atoms with Crippen molar-refractivity contribution in [3.8, 4) is 0 Å². The predicted octanol–water partition coefficient (Wildman–Crippen LogP) is 0.823. The third-order valence-electron chi connectivity index (χ3n) is 2.82. The fourth-order valence-corrected chi connectivity index (χ4v) is 1.60. The zero-order chi connectivity index (χ0) is 15.6. The van der Waals surface area contributed by atoms with Crippen LogP contribution in [0.3, 0.4) is 0 Å². The van der Waals surface area contributed by atoms with Crippen molar-refractivity contribution in [2.24, 2.45) is 0 Å². The third-order valence-corrected chi connectivity index (χ3v) is 2.82. The van der Waals surface area contributed by atoms with E-state index in [0.29, 0.717) is 46.1 Å². The van der Waals surface area contributed by atoms with Gasteiger partial charge in [-0.2, -0.15) is 0 Å². The Kier molecular flexibility index (Phi) is 17.6. The van der Waals surface area contributed by atoms with E-state index in [-0.39, 0.29) is 0 Å². The molecule has 0 aromatic heterocycles. The zero-order valence-electron chi connectivity index (χ0n) is 13.6. The number of aliphatic hydroxyl groups is 1. The normalized spacial score (nSPS) is 12.7. The first-order chi connectivity index (χ1) is 10.3. The third kappa shape index (κ3) is 17.7. The van der Waals surface area contributed by atoms with E-state index in [1.165, 1.54) is 0 Å².